The van der Waals surface area contributed by atoms with Crippen molar-refractivity contribution in [2.75, 3.05) is 0 Å². The summed E-state index contributed by atoms with van der Waals surface area (Å²) < 4.78 is 26.3. The molecule has 0 fully saturated rings. The third-order valence-electron chi connectivity index (χ3n) is 4.29. The van der Waals surface area contributed by atoms with E-state index in [4.69, 9.17) is 9.47 Å². The van der Waals surface area contributed by atoms with Crippen molar-refractivity contribution >= 4 is 31.9 Å². The van der Waals surface area contributed by atoms with E-state index >= 15 is 0 Å². The van der Waals surface area contributed by atoms with Gasteiger partial charge in [-0.15, -0.1) is 0 Å². The third kappa shape index (κ3) is 5.86. The molecule has 0 spiro atoms. The molecule has 2 aromatic carbocycles. The fourth-order valence-corrected chi connectivity index (χ4v) is 3.42. The predicted octanol–water partition coefficient (Wildman–Crippen LogP) is 6.22. The van der Waals surface area contributed by atoms with Gasteiger partial charge in [-0.2, -0.15) is 5.26 Å². The van der Waals surface area contributed by atoms with E-state index in [0.717, 1.165) is 22.3 Å². The quantitative estimate of drug-likeness (QED) is 0.347. The number of aryl methyl sites for hydroxylation is 1. The number of rotatable bonds is 7. The average Bonchev–Trinajstić information content (AvgIpc) is 2.70. The highest BCUT2D eigenvalue weighted by atomic mass is 79.9. The minimum absolute atomic E-state index is 0.298. The maximum absolute atomic E-state index is 13.6. The number of hydrogen-bond acceptors (Lipinski definition) is 4. The van der Waals surface area contributed by atoms with Crippen molar-refractivity contribution in [3.63, 3.8) is 0 Å². The molecule has 0 unspecified atom stereocenters. The molecule has 4 nitrogen and oxygen atoms in total. The first-order chi connectivity index (χ1) is 14.0. The summed E-state index contributed by atoms with van der Waals surface area (Å²) in [5.74, 6) is 0.205. The van der Waals surface area contributed by atoms with E-state index < -0.39 is 0 Å². The molecule has 1 aromatic heterocycles. The van der Waals surface area contributed by atoms with Crippen molar-refractivity contribution in [2.45, 2.75) is 26.7 Å². The molecule has 0 bridgehead atoms. The van der Waals surface area contributed by atoms with Crippen LogP contribution in [0.15, 0.2) is 57.6 Å². The van der Waals surface area contributed by atoms with Gasteiger partial charge in [0.1, 0.15) is 17.0 Å². The van der Waals surface area contributed by atoms with Crippen LogP contribution in [0, 0.1) is 24.1 Å². The zero-order chi connectivity index (χ0) is 20.8. The van der Waals surface area contributed by atoms with Gasteiger partial charge in [0.2, 0.25) is 5.88 Å². The first kappa shape index (κ1) is 21.4. The van der Waals surface area contributed by atoms with Crippen LogP contribution in [0.2, 0.25) is 0 Å². The first-order valence-corrected chi connectivity index (χ1v) is 10.3. The lowest BCUT2D eigenvalue weighted by atomic mass is 10.1. The summed E-state index contributed by atoms with van der Waals surface area (Å²) in [6, 6.07) is 16.2. The molecule has 0 aliphatic heterocycles. The van der Waals surface area contributed by atoms with Gasteiger partial charge in [0.15, 0.2) is 0 Å². The molecule has 3 aromatic rings. The van der Waals surface area contributed by atoms with Crippen molar-refractivity contribution in [1.29, 1.82) is 5.26 Å². The van der Waals surface area contributed by atoms with E-state index in [1.165, 1.54) is 6.07 Å². The maximum atomic E-state index is 13.6. The summed E-state index contributed by atoms with van der Waals surface area (Å²) in [6.45, 7) is 2.77. The molecular formula is C22H17Br2FN2O2. The first-order valence-electron chi connectivity index (χ1n) is 8.76. The zero-order valence-electron chi connectivity index (χ0n) is 15.6. The molecule has 0 amide bonds. The second kappa shape index (κ2) is 9.97. The fourth-order valence-electron chi connectivity index (χ4n) is 2.71. The highest BCUT2D eigenvalue weighted by Gasteiger charge is 2.09. The molecule has 0 radical (unpaired) electrons. The van der Waals surface area contributed by atoms with E-state index in [1.807, 2.05) is 25.1 Å². The Balaban J connectivity index is 1.70. The minimum atomic E-state index is -0.298. The van der Waals surface area contributed by atoms with Crippen LogP contribution in [0.5, 0.6) is 5.88 Å². The van der Waals surface area contributed by atoms with Crippen LogP contribution < -0.4 is 4.74 Å². The molecule has 0 atom stereocenters. The number of aromatic nitrogens is 1. The molecule has 29 heavy (non-hydrogen) atoms. The van der Waals surface area contributed by atoms with Crippen molar-refractivity contribution in [3.05, 3.63) is 91.2 Å². The highest BCUT2D eigenvalue weighted by Crippen LogP contribution is 2.22. The summed E-state index contributed by atoms with van der Waals surface area (Å²) in [5.41, 5.74) is 4.03. The Morgan fingerprint density at radius 2 is 1.79 bits per heavy atom. The van der Waals surface area contributed by atoms with Crippen molar-refractivity contribution in [1.82, 2.24) is 4.98 Å². The molecule has 0 saturated carbocycles. The molecule has 0 aliphatic rings. The second-order valence-corrected chi connectivity index (χ2v) is 8.03. The Morgan fingerprint density at radius 1 is 1.00 bits per heavy atom. The van der Waals surface area contributed by atoms with Crippen molar-refractivity contribution in [3.8, 4) is 11.9 Å². The van der Waals surface area contributed by atoms with E-state index in [9.17, 15) is 9.65 Å². The number of nitriles is 1. The van der Waals surface area contributed by atoms with E-state index in [1.54, 1.807) is 24.3 Å². The van der Waals surface area contributed by atoms with Crippen LogP contribution in [0.25, 0.3) is 0 Å². The Hall–Kier alpha value is -2.27. The smallest absolute Gasteiger partial charge is 0.214 e. The Kier molecular flexibility index (Phi) is 7.37. The lowest BCUT2D eigenvalue weighted by molar-refractivity contribution is 0.105. The van der Waals surface area contributed by atoms with Crippen LogP contribution in [0.3, 0.4) is 0 Å². The number of halogens is 3. The summed E-state index contributed by atoms with van der Waals surface area (Å²) in [6.07, 6.45) is 0. The van der Waals surface area contributed by atoms with Gasteiger partial charge in [-0.1, -0.05) is 12.1 Å². The van der Waals surface area contributed by atoms with E-state index in [2.05, 4.69) is 42.9 Å². The van der Waals surface area contributed by atoms with Crippen LogP contribution in [-0.2, 0) is 24.6 Å². The summed E-state index contributed by atoms with van der Waals surface area (Å²) in [7, 11) is 0. The second-order valence-electron chi connectivity index (χ2n) is 6.37. The van der Waals surface area contributed by atoms with Crippen LogP contribution >= 0.6 is 31.9 Å². The third-order valence-corrected chi connectivity index (χ3v) is 5.34. The number of nitrogens with zero attached hydrogens (tertiary/aromatic N) is 2. The van der Waals surface area contributed by atoms with Crippen molar-refractivity contribution in [2.24, 2.45) is 0 Å². The molecule has 3 rings (SSSR count). The SMILES string of the molecule is Cc1cc(F)c(Br)cc1COCc1cc(C#N)ccc1COc1cccc(Br)n1. The Labute approximate surface area is 185 Å². The molecule has 0 saturated heterocycles. The van der Waals surface area contributed by atoms with Gasteiger partial charge >= 0.3 is 0 Å². The van der Waals surface area contributed by atoms with E-state index in [-0.39, 0.29) is 5.82 Å². The normalized spacial score (nSPS) is 10.6. The average molecular weight is 520 g/mol. The molecular weight excluding hydrogens is 503 g/mol. The summed E-state index contributed by atoms with van der Waals surface area (Å²) in [5, 5.41) is 9.21. The largest absolute Gasteiger partial charge is 0.473 e. The summed E-state index contributed by atoms with van der Waals surface area (Å²) >= 11 is 6.52. The number of benzene rings is 2. The van der Waals surface area contributed by atoms with Gasteiger partial charge in [-0.3, -0.25) is 0 Å². The lowest BCUT2D eigenvalue weighted by Gasteiger charge is -2.13. The molecule has 148 valence electrons. The molecule has 7 heteroatoms. The Bertz CT molecular complexity index is 1070. The van der Waals surface area contributed by atoms with Crippen LogP contribution in [0.1, 0.15) is 27.8 Å². The molecule has 1 heterocycles. The van der Waals surface area contributed by atoms with Gasteiger partial charge in [-0.25, -0.2) is 9.37 Å². The number of hydrogen-bond donors (Lipinski definition) is 0. The van der Waals surface area contributed by atoms with Gasteiger partial charge in [0.05, 0.1) is 29.3 Å². The lowest BCUT2D eigenvalue weighted by Crippen LogP contribution is -2.04. The summed E-state index contributed by atoms with van der Waals surface area (Å²) in [4.78, 5) is 4.25. The highest BCUT2D eigenvalue weighted by molar-refractivity contribution is 9.10. The molecule has 0 N–H and O–H groups in total. The monoisotopic (exact) mass is 518 g/mol. The number of pyridine rings is 1. The van der Waals surface area contributed by atoms with Gasteiger partial charge < -0.3 is 9.47 Å². The topological polar surface area (TPSA) is 55.1 Å². The van der Waals surface area contributed by atoms with Crippen LogP contribution in [0.4, 0.5) is 4.39 Å². The fraction of sp³-hybridized carbons (Fsp3) is 0.182. The van der Waals surface area contributed by atoms with Crippen LogP contribution in [-0.4, -0.2) is 4.98 Å². The van der Waals surface area contributed by atoms with Crippen molar-refractivity contribution < 1.29 is 13.9 Å². The van der Waals surface area contributed by atoms with E-state index in [0.29, 0.717) is 40.3 Å². The van der Waals surface area contributed by atoms with Gasteiger partial charge in [-0.05, 0) is 91.4 Å². The maximum Gasteiger partial charge on any atom is 0.214 e. The predicted molar refractivity (Wildman–Crippen MR) is 115 cm³/mol. The number of ether oxygens (including phenoxy) is 2. The minimum Gasteiger partial charge on any atom is -0.473 e. The van der Waals surface area contributed by atoms with Gasteiger partial charge in [0.25, 0.3) is 0 Å². The zero-order valence-corrected chi connectivity index (χ0v) is 18.8. The van der Waals surface area contributed by atoms with Gasteiger partial charge in [0, 0.05) is 6.07 Å². The Morgan fingerprint density at radius 3 is 2.55 bits per heavy atom. The molecule has 0 aliphatic carbocycles. The standard InChI is InChI=1S/C22H17Br2FN2O2/c1-14-7-20(25)19(23)9-17(14)11-28-12-18-8-15(10-26)5-6-16(18)13-29-22-4-2-3-21(24)27-22/h2-9H,11-13H2,1H3.